The molecule has 9 aromatic carbocycles. The maximum atomic E-state index is 9.98. The molecule has 0 nitrogen and oxygen atoms in total. The van der Waals surface area contributed by atoms with E-state index in [2.05, 4.69) is 0 Å². The van der Waals surface area contributed by atoms with Crippen LogP contribution in [0.1, 0.15) is 41.1 Å². The van der Waals surface area contributed by atoms with E-state index in [1.165, 1.54) is 0 Å². The summed E-state index contributed by atoms with van der Waals surface area (Å²) in [4.78, 5) is 0. The van der Waals surface area contributed by atoms with E-state index in [-0.39, 0.29) is 0 Å². The highest BCUT2D eigenvalue weighted by molar-refractivity contribution is 6.22. The predicted molar refractivity (Wildman–Crippen MR) is 198 cm³/mol. The Labute approximate surface area is 311 Å². The van der Waals surface area contributed by atoms with Gasteiger partial charge in [0.15, 0.2) is 0 Å². The molecule has 0 bridgehead atoms. The van der Waals surface area contributed by atoms with Crippen molar-refractivity contribution >= 4 is 43.1 Å². The average molecular weight is 613 g/mol. The van der Waals surface area contributed by atoms with Crippen molar-refractivity contribution in [1.29, 1.82) is 0 Å². The maximum absolute atomic E-state index is 9.98. The van der Waals surface area contributed by atoms with Crippen molar-refractivity contribution in [1.82, 2.24) is 0 Å². The Hall–Kier alpha value is -5.98. The molecule has 9 rings (SSSR count). The van der Waals surface area contributed by atoms with Gasteiger partial charge in [-0.15, -0.1) is 0 Å². The largest absolute Gasteiger partial charge is 0.0636 e. The molecule has 0 amide bonds. The van der Waals surface area contributed by atoms with Crippen molar-refractivity contribution in [2.45, 2.75) is 0 Å². The number of benzene rings is 9. The van der Waals surface area contributed by atoms with Gasteiger partial charge in [0, 0.05) is 0 Å². The van der Waals surface area contributed by atoms with Crippen LogP contribution in [0.25, 0.3) is 87.6 Å². The molecule has 0 atom stereocenters. The van der Waals surface area contributed by atoms with Gasteiger partial charge < -0.3 is 0 Å². The minimum Gasteiger partial charge on any atom is -0.0622 e. The van der Waals surface area contributed by atoms with Gasteiger partial charge >= 0.3 is 0 Å². The Bertz CT molecular complexity index is 4220. The highest BCUT2D eigenvalue weighted by Gasteiger charge is 2.18. The summed E-state index contributed by atoms with van der Waals surface area (Å²) in [5.41, 5.74) is -7.01. The molecule has 0 aliphatic heterocycles. The molecule has 0 N–H and O–H groups in total. The first-order chi connectivity index (χ1) is 35.3. The fraction of sp³-hybridized carbons (Fsp3) is 0. The van der Waals surface area contributed by atoms with Crippen molar-refractivity contribution in [3.63, 3.8) is 0 Å². The molecular weight excluding hydrogens is 553 g/mol. The van der Waals surface area contributed by atoms with Gasteiger partial charge in [-0.2, -0.15) is 0 Å². The van der Waals surface area contributed by atoms with Crippen molar-refractivity contribution in [3.8, 4) is 44.5 Å². The van der Waals surface area contributed by atoms with Gasteiger partial charge in [0.1, 0.15) is 0 Å². The first-order valence-electron chi connectivity index (χ1n) is 28.5. The first-order valence-corrected chi connectivity index (χ1v) is 13.5. The molecule has 0 saturated carbocycles. The monoisotopic (exact) mass is 612 g/mol. The molecule has 0 aliphatic carbocycles. The molecule has 214 valence electrons. The molecule has 0 saturated heterocycles. The minimum absolute atomic E-state index is 0.572. The summed E-state index contributed by atoms with van der Waals surface area (Å²) in [6.07, 6.45) is 0. The zero-order valence-electron chi connectivity index (χ0n) is 53.0. The molecule has 0 fully saturated rings. The molecular formula is C46H30. The van der Waals surface area contributed by atoms with Crippen LogP contribution in [-0.2, 0) is 0 Å². The van der Waals surface area contributed by atoms with E-state index in [4.69, 9.17) is 26.0 Å². The molecule has 0 radical (unpaired) electrons. The van der Waals surface area contributed by atoms with E-state index in [0.717, 1.165) is 0 Å². The topological polar surface area (TPSA) is 0 Å². The van der Waals surface area contributed by atoms with Crippen LogP contribution in [0.15, 0.2) is 181 Å². The molecule has 9 aromatic rings. The second kappa shape index (κ2) is 10.9. The number of fused-ring (bicyclic) bond motifs is 4. The summed E-state index contributed by atoms with van der Waals surface area (Å²) >= 11 is 0. The maximum Gasteiger partial charge on any atom is 0.0636 e. The average Bonchev–Trinajstić information content (AvgIpc) is 3.38. The van der Waals surface area contributed by atoms with Crippen LogP contribution in [0, 0.1) is 0 Å². The molecule has 0 unspecified atom stereocenters. The van der Waals surface area contributed by atoms with E-state index in [1.54, 1.807) is 0 Å². The molecule has 0 aromatic heterocycles. The van der Waals surface area contributed by atoms with Crippen LogP contribution in [-0.4, -0.2) is 0 Å². The van der Waals surface area contributed by atoms with Crippen molar-refractivity contribution in [2.24, 2.45) is 0 Å². The summed E-state index contributed by atoms with van der Waals surface area (Å²) in [7, 11) is 0. The lowest BCUT2D eigenvalue weighted by molar-refractivity contribution is 1.62. The number of hydrogen-bond donors (Lipinski definition) is 0. The number of hydrogen-bond acceptors (Lipinski definition) is 0. The van der Waals surface area contributed by atoms with Crippen LogP contribution < -0.4 is 0 Å². The second-order valence-corrected chi connectivity index (χ2v) is 9.75. The van der Waals surface area contributed by atoms with Crippen LogP contribution >= 0.6 is 0 Å². The zero-order valence-corrected chi connectivity index (χ0v) is 23.0. The van der Waals surface area contributed by atoms with Crippen LogP contribution in [0.3, 0.4) is 0 Å². The summed E-state index contributed by atoms with van der Waals surface area (Å²) < 4.78 is 269. The van der Waals surface area contributed by atoms with E-state index in [9.17, 15) is 15.1 Å². The third-order valence-electron chi connectivity index (χ3n) is 7.12. The Morgan fingerprint density at radius 2 is 0.652 bits per heavy atom. The van der Waals surface area contributed by atoms with E-state index in [1.807, 2.05) is 0 Å². The fourth-order valence-corrected chi connectivity index (χ4v) is 5.09. The van der Waals surface area contributed by atoms with Gasteiger partial charge in [-0.05, 0) is 106 Å². The Morgan fingerprint density at radius 1 is 0.239 bits per heavy atom. The minimum atomic E-state index is -1.18. The van der Waals surface area contributed by atoms with Gasteiger partial charge in [-0.1, -0.05) is 163 Å². The van der Waals surface area contributed by atoms with E-state index >= 15 is 0 Å². The first kappa shape index (κ1) is 10.0. The quantitative estimate of drug-likeness (QED) is 0.173. The molecule has 46 heavy (non-hydrogen) atoms. The molecule has 0 spiro atoms. The highest BCUT2D eigenvalue weighted by atomic mass is 14.2. The number of rotatable bonds is 4. The van der Waals surface area contributed by atoms with E-state index < -0.39 is 269 Å². The van der Waals surface area contributed by atoms with Gasteiger partial charge in [-0.25, -0.2) is 0 Å². The van der Waals surface area contributed by atoms with Crippen molar-refractivity contribution in [3.05, 3.63) is 181 Å². The Kier molecular flexibility index (Phi) is 2.37. The third-order valence-corrected chi connectivity index (χ3v) is 7.12. The van der Waals surface area contributed by atoms with E-state index in [0.29, 0.717) is 0 Å². The van der Waals surface area contributed by atoms with Crippen LogP contribution in [0.2, 0.25) is 0 Å². The van der Waals surface area contributed by atoms with Crippen molar-refractivity contribution in [2.75, 3.05) is 0 Å². The zero-order chi connectivity index (χ0) is 56.6. The summed E-state index contributed by atoms with van der Waals surface area (Å²) in [5, 5.41) is -5.92. The lowest BCUT2D eigenvalue weighted by Gasteiger charge is -2.19. The van der Waals surface area contributed by atoms with Crippen LogP contribution in [0.5, 0.6) is 0 Å². The third kappa shape index (κ3) is 4.47. The lowest BCUT2D eigenvalue weighted by Crippen LogP contribution is -1.92. The van der Waals surface area contributed by atoms with Crippen molar-refractivity contribution < 1.29 is 41.1 Å². The Balaban J connectivity index is 1.62. The van der Waals surface area contributed by atoms with Gasteiger partial charge in [0.2, 0.25) is 0 Å². The summed E-state index contributed by atoms with van der Waals surface area (Å²) in [5.74, 6) is 0. The standard InChI is InChI=1S/C46H30/c1-2-10-31(11-3-1)39-26-27-43-44(30-39)45(35-22-18-34(19-23-35)38-24-20-32-12-4-6-14-36(32)28-38)41-16-8-9-17-42(41)46(43)40-25-21-33-13-5-7-15-37(33)29-40/h1-30H/i1D,2D,3D,4D,5D,6D,7D,8D,9D,10D,11D,12D,13D,14D,15D,16D,17D,18D,19D,20D,21D,22D,23D,24D,25D,26D,27D,28D,29D,30D. The van der Waals surface area contributed by atoms with Gasteiger partial charge in [-0.3, -0.25) is 0 Å². The predicted octanol–water partition coefficient (Wildman–Crippen LogP) is 13.0. The normalized spacial score (nSPS) is 20.6. The SMILES string of the molecule is [2H]c1c([2H])c([2H])c(-c2c([2H])c([2H])c3c(-c4c([2H])c([2H])c5c([2H])c([2H])c([2H])c([2H])c5c4[2H])c4c([2H])c([2H])c([2H])c([2H])c4c(-c4c([2H])c([2H])c(-c5c([2H])c([2H])c6c([2H])c([2H])c([2H])c([2H])c6c5[2H])c([2H])c4[2H])c3c2[2H])c([2H])c1[2H]. The second-order valence-electron chi connectivity index (χ2n) is 9.75. The Morgan fingerprint density at radius 3 is 1.33 bits per heavy atom. The summed E-state index contributed by atoms with van der Waals surface area (Å²) in [6.45, 7) is 0. The molecule has 0 aliphatic rings. The van der Waals surface area contributed by atoms with Gasteiger partial charge in [0.05, 0.1) is 41.1 Å². The van der Waals surface area contributed by atoms with Gasteiger partial charge in [0.25, 0.3) is 0 Å². The highest BCUT2D eigenvalue weighted by Crippen LogP contribution is 2.45. The lowest BCUT2D eigenvalue weighted by atomic mass is 9.84. The van der Waals surface area contributed by atoms with Crippen LogP contribution in [0.4, 0.5) is 0 Å². The fourth-order valence-electron chi connectivity index (χ4n) is 5.09. The smallest absolute Gasteiger partial charge is 0.0622 e. The summed E-state index contributed by atoms with van der Waals surface area (Å²) in [6, 6.07) is -29.8. The molecule has 0 heteroatoms. The molecule has 0 heterocycles.